The Kier molecular flexibility index (Phi) is 5.82. The van der Waals surface area contributed by atoms with Gasteiger partial charge in [-0.3, -0.25) is 0 Å². The highest BCUT2D eigenvalue weighted by Crippen LogP contribution is 2.35. The highest BCUT2D eigenvalue weighted by Gasteiger charge is 1.99. The van der Waals surface area contributed by atoms with E-state index in [2.05, 4.69) is 11.8 Å². The monoisotopic (exact) mass is 181 g/mol. The molecule has 2 N–H and O–H groups in total. The van der Waals surface area contributed by atoms with E-state index in [-0.39, 0.29) is 0 Å². The van der Waals surface area contributed by atoms with Crippen LogP contribution < -0.4 is 5.48 Å². The molecule has 0 heterocycles. The maximum atomic E-state index is 9.10. The van der Waals surface area contributed by atoms with Gasteiger partial charge in [-0.25, -0.2) is 5.48 Å². The predicted octanol–water partition coefficient (Wildman–Crippen LogP) is 0.446. The van der Waals surface area contributed by atoms with Gasteiger partial charge in [0.05, 0.1) is 13.2 Å². The van der Waals surface area contributed by atoms with E-state index in [1.165, 1.54) is 0 Å². The minimum atomic E-state index is -2.29. The number of hydroxylamine groups is 1. The third kappa shape index (κ3) is 10.1. The van der Waals surface area contributed by atoms with Crippen molar-refractivity contribution in [2.75, 3.05) is 26.9 Å². The van der Waals surface area contributed by atoms with Gasteiger partial charge in [-0.1, -0.05) is 6.30 Å². The van der Waals surface area contributed by atoms with Gasteiger partial charge in [0.1, 0.15) is 7.34 Å². The summed E-state index contributed by atoms with van der Waals surface area (Å²) in [7, 11) is -0.591. The van der Waals surface area contributed by atoms with Crippen LogP contribution in [0.1, 0.15) is 6.42 Å². The van der Waals surface area contributed by atoms with E-state index < -0.39 is 7.34 Å². The highest BCUT2D eigenvalue weighted by atomic mass is 31.2. The Morgan fingerprint density at radius 1 is 1.55 bits per heavy atom. The summed E-state index contributed by atoms with van der Waals surface area (Å²) in [5.74, 6) is 0. The van der Waals surface area contributed by atoms with Crippen LogP contribution in [0.5, 0.6) is 0 Å². The molecule has 4 nitrogen and oxygen atoms in total. The fourth-order valence-electron chi connectivity index (χ4n) is 0.494. The van der Waals surface area contributed by atoms with Crippen LogP contribution in [0.2, 0.25) is 0 Å². The summed E-state index contributed by atoms with van der Waals surface area (Å²) in [6, 6.07) is 0. The molecule has 68 valence electrons. The van der Waals surface area contributed by atoms with E-state index in [4.69, 9.17) is 14.3 Å². The molecule has 0 aromatic heterocycles. The van der Waals surface area contributed by atoms with Crippen molar-refractivity contribution in [1.29, 1.82) is 0 Å². The molecule has 11 heavy (non-hydrogen) atoms. The molecule has 1 unspecified atom stereocenters. The van der Waals surface area contributed by atoms with E-state index in [1.807, 2.05) is 0 Å². The summed E-state index contributed by atoms with van der Waals surface area (Å²) in [4.78, 5) is 13.9. The van der Waals surface area contributed by atoms with Crippen LogP contribution in [0, 0.1) is 0 Å². The van der Waals surface area contributed by atoms with Gasteiger partial charge in [-0.05, 0) is 6.42 Å². The molecule has 0 aromatic rings. The second kappa shape index (κ2) is 5.75. The van der Waals surface area contributed by atoms with Crippen molar-refractivity contribution >= 4 is 13.6 Å². The largest absolute Gasteiger partial charge is 0.353 e. The number of hydrogen-bond acceptors (Lipinski definition) is 4. The van der Waals surface area contributed by atoms with E-state index in [0.717, 1.165) is 6.42 Å². The molecule has 0 rings (SSSR count). The van der Waals surface area contributed by atoms with Crippen molar-refractivity contribution in [3.05, 3.63) is 0 Å². The van der Waals surface area contributed by atoms with Gasteiger partial charge in [0.25, 0.3) is 0 Å². The van der Waals surface area contributed by atoms with E-state index >= 15 is 0 Å². The fraction of sp³-hybridized carbons (Fsp3) is 0.833. The third-order valence-corrected chi connectivity index (χ3v) is 1.64. The molecule has 1 atom stereocenters. The van der Waals surface area contributed by atoms with Crippen LogP contribution in [-0.4, -0.2) is 38.1 Å². The highest BCUT2D eigenvalue weighted by molar-refractivity contribution is 7.62. The molecular weight excluding hydrogens is 165 g/mol. The minimum absolute atomic E-state index is 0.492. The van der Waals surface area contributed by atoms with Crippen LogP contribution in [0.4, 0.5) is 0 Å². The maximum absolute atomic E-state index is 9.10. The van der Waals surface area contributed by atoms with Crippen LogP contribution in [0.15, 0.2) is 0 Å². The quantitative estimate of drug-likeness (QED) is 0.355. The minimum Gasteiger partial charge on any atom is -0.353 e. The molecule has 0 radical (unpaired) electrons. The summed E-state index contributed by atoms with van der Waals surface area (Å²) in [5, 5.41) is 0. The van der Waals surface area contributed by atoms with Gasteiger partial charge >= 0.3 is 0 Å². The molecular formula is C6H16NO3P. The third-order valence-electron chi connectivity index (χ3n) is 0.904. The summed E-state index contributed by atoms with van der Waals surface area (Å²) >= 11 is 0. The average Bonchev–Trinajstić information content (AvgIpc) is 1.85. The molecule has 0 saturated carbocycles. The SMILES string of the molecule is C=P(C)(O)OCCCONC. The molecule has 0 aliphatic heterocycles. The fourth-order valence-corrected chi connectivity index (χ4v) is 1.02. The van der Waals surface area contributed by atoms with Gasteiger partial charge in [-0.2, -0.15) is 0 Å². The Labute approximate surface area is 67.6 Å². The second-order valence-electron chi connectivity index (χ2n) is 2.29. The van der Waals surface area contributed by atoms with Gasteiger partial charge in [0.2, 0.25) is 0 Å². The lowest BCUT2D eigenvalue weighted by Crippen LogP contribution is -2.09. The first-order valence-electron chi connectivity index (χ1n) is 3.43. The zero-order valence-corrected chi connectivity index (χ0v) is 7.93. The first kappa shape index (κ1) is 11.1. The normalized spacial score (nSPS) is 16.3. The standard InChI is InChI=1S/C6H16NO3P/c1-7-9-5-4-6-10-11(2,3)8/h7-8H,2,4-6H2,1,3H3. The number of nitrogens with one attached hydrogen (secondary N) is 1. The molecule has 0 aliphatic rings. The molecule has 0 spiro atoms. The maximum Gasteiger partial charge on any atom is 0.111 e. The van der Waals surface area contributed by atoms with Crippen molar-refractivity contribution in [2.24, 2.45) is 0 Å². The van der Waals surface area contributed by atoms with Gasteiger partial charge < -0.3 is 14.3 Å². The summed E-state index contributed by atoms with van der Waals surface area (Å²) < 4.78 is 5.02. The Morgan fingerprint density at radius 3 is 2.64 bits per heavy atom. The van der Waals surface area contributed by atoms with E-state index in [9.17, 15) is 0 Å². The van der Waals surface area contributed by atoms with Crippen LogP contribution >= 0.6 is 7.34 Å². The molecule has 0 bridgehead atoms. The molecule has 0 amide bonds. The summed E-state index contributed by atoms with van der Waals surface area (Å²) in [6.45, 7) is 2.67. The first-order valence-corrected chi connectivity index (χ1v) is 5.72. The lowest BCUT2D eigenvalue weighted by Gasteiger charge is -2.11. The Bertz CT molecular complexity index is 134. The lowest BCUT2D eigenvalue weighted by atomic mass is 10.5. The van der Waals surface area contributed by atoms with Crippen molar-refractivity contribution < 1.29 is 14.3 Å². The summed E-state index contributed by atoms with van der Waals surface area (Å²) in [6.07, 6.45) is 4.23. The van der Waals surface area contributed by atoms with Crippen LogP contribution in [0.25, 0.3) is 0 Å². The predicted molar refractivity (Wildman–Crippen MR) is 47.8 cm³/mol. The van der Waals surface area contributed by atoms with E-state index in [0.29, 0.717) is 13.2 Å². The first-order chi connectivity index (χ1) is 5.06. The van der Waals surface area contributed by atoms with Crippen molar-refractivity contribution in [3.8, 4) is 0 Å². The van der Waals surface area contributed by atoms with Crippen molar-refractivity contribution in [1.82, 2.24) is 5.48 Å². The van der Waals surface area contributed by atoms with E-state index in [1.54, 1.807) is 13.7 Å². The van der Waals surface area contributed by atoms with Gasteiger partial charge in [0.15, 0.2) is 0 Å². The zero-order valence-electron chi connectivity index (χ0n) is 7.04. The van der Waals surface area contributed by atoms with Gasteiger partial charge in [0, 0.05) is 13.7 Å². The Balaban J connectivity index is 3.09. The van der Waals surface area contributed by atoms with Crippen LogP contribution in [-0.2, 0) is 9.36 Å². The molecule has 0 aliphatic carbocycles. The molecule has 0 fully saturated rings. The Hall–Kier alpha value is 0.140. The number of rotatable bonds is 6. The Morgan fingerprint density at radius 2 is 2.18 bits per heavy atom. The molecule has 0 saturated heterocycles. The van der Waals surface area contributed by atoms with Crippen molar-refractivity contribution in [3.63, 3.8) is 0 Å². The lowest BCUT2D eigenvalue weighted by molar-refractivity contribution is 0.0497. The molecule has 0 aromatic carbocycles. The zero-order chi connectivity index (χ0) is 8.74. The topological polar surface area (TPSA) is 50.7 Å². The summed E-state index contributed by atoms with van der Waals surface area (Å²) in [5.41, 5.74) is 2.54. The molecule has 5 heteroatoms. The smallest absolute Gasteiger partial charge is 0.111 e. The average molecular weight is 181 g/mol. The number of hydrogen-bond donors (Lipinski definition) is 2. The van der Waals surface area contributed by atoms with Crippen LogP contribution in [0.3, 0.4) is 0 Å². The van der Waals surface area contributed by atoms with Gasteiger partial charge in [-0.15, -0.1) is 0 Å². The van der Waals surface area contributed by atoms with Crippen molar-refractivity contribution in [2.45, 2.75) is 6.42 Å². The second-order valence-corrected chi connectivity index (χ2v) is 4.65.